The lowest BCUT2D eigenvalue weighted by molar-refractivity contribution is -0.917. The summed E-state index contributed by atoms with van der Waals surface area (Å²) in [5.41, 5.74) is 1.35. The summed E-state index contributed by atoms with van der Waals surface area (Å²) in [7, 11) is 1.72. The van der Waals surface area contributed by atoms with Crippen LogP contribution in [-0.4, -0.2) is 44.1 Å². The molecule has 2 aromatic carbocycles. The molecule has 0 saturated carbocycles. The fourth-order valence-corrected chi connectivity index (χ4v) is 3.66. The summed E-state index contributed by atoms with van der Waals surface area (Å²) >= 11 is 0. The van der Waals surface area contributed by atoms with Crippen LogP contribution in [0.15, 0.2) is 36.4 Å². The zero-order chi connectivity index (χ0) is 17.8. The molecule has 0 aromatic heterocycles. The number of methoxy groups -OCH3 is 1. The second-order valence-electron chi connectivity index (χ2n) is 7.38. The number of amides is 1. The van der Waals surface area contributed by atoms with Crippen molar-refractivity contribution in [1.82, 2.24) is 4.90 Å². The number of quaternary nitrogens is 1. The summed E-state index contributed by atoms with van der Waals surface area (Å²) in [6.07, 6.45) is 0.665. The van der Waals surface area contributed by atoms with Crippen LogP contribution in [0.25, 0.3) is 10.8 Å². The molecule has 1 heterocycles. The van der Waals surface area contributed by atoms with Crippen LogP contribution in [0.1, 0.15) is 25.8 Å². The highest BCUT2D eigenvalue weighted by Gasteiger charge is 2.24. The van der Waals surface area contributed by atoms with Crippen LogP contribution in [0.3, 0.4) is 0 Å². The quantitative estimate of drug-likeness (QED) is 0.904. The van der Waals surface area contributed by atoms with Gasteiger partial charge in [0.1, 0.15) is 12.3 Å². The fourth-order valence-electron chi connectivity index (χ4n) is 3.66. The normalized spacial score (nSPS) is 15.8. The minimum Gasteiger partial charge on any atom is -0.496 e. The van der Waals surface area contributed by atoms with Crippen molar-refractivity contribution in [3.8, 4) is 5.75 Å². The van der Waals surface area contributed by atoms with Crippen molar-refractivity contribution in [3.63, 3.8) is 0 Å². The molecule has 1 aliphatic heterocycles. The summed E-state index contributed by atoms with van der Waals surface area (Å²) in [6.45, 7) is 8.98. The van der Waals surface area contributed by atoms with Gasteiger partial charge in [-0.25, -0.2) is 0 Å². The number of hydrogen-bond donors (Lipinski definition) is 1. The lowest BCUT2D eigenvalue weighted by atomic mass is 10.0. The van der Waals surface area contributed by atoms with Gasteiger partial charge in [0.15, 0.2) is 0 Å². The monoisotopic (exact) mass is 341 g/mol. The molecule has 1 amide bonds. The molecule has 1 N–H and O–H groups in total. The Balaban J connectivity index is 1.67. The molecule has 3 rings (SSSR count). The van der Waals surface area contributed by atoms with E-state index in [1.807, 2.05) is 4.90 Å². The van der Waals surface area contributed by atoms with E-state index in [1.54, 1.807) is 12.0 Å². The van der Waals surface area contributed by atoms with Crippen LogP contribution in [0.4, 0.5) is 0 Å². The average molecular weight is 341 g/mol. The Hall–Kier alpha value is -2.07. The molecular weight excluding hydrogens is 312 g/mol. The molecule has 134 valence electrons. The predicted molar refractivity (Wildman–Crippen MR) is 101 cm³/mol. The van der Waals surface area contributed by atoms with Crippen molar-refractivity contribution in [2.24, 2.45) is 5.92 Å². The van der Waals surface area contributed by atoms with Crippen LogP contribution in [0.5, 0.6) is 5.75 Å². The Morgan fingerprint density at radius 2 is 1.80 bits per heavy atom. The van der Waals surface area contributed by atoms with Crippen LogP contribution < -0.4 is 9.64 Å². The molecule has 0 bridgehead atoms. The number of carbonyl (C=O) groups is 1. The van der Waals surface area contributed by atoms with E-state index in [0.717, 1.165) is 38.5 Å². The van der Waals surface area contributed by atoms with Crippen LogP contribution in [-0.2, 0) is 11.3 Å². The first-order valence-electron chi connectivity index (χ1n) is 9.24. The molecule has 1 saturated heterocycles. The molecule has 0 unspecified atom stereocenters. The Morgan fingerprint density at radius 3 is 2.44 bits per heavy atom. The van der Waals surface area contributed by atoms with Gasteiger partial charge < -0.3 is 14.5 Å². The molecule has 25 heavy (non-hydrogen) atoms. The van der Waals surface area contributed by atoms with E-state index in [9.17, 15) is 4.79 Å². The van der Waals surface area contributed by atoms with Crippen molar-refractivity contribution >= 4 is 16.7 Å². The Bertz CT molecular complexity index is 734. The molecule has 1 fully saturated rings. The van der Waals surface area contributed by atoms with E-state index in [-0.39, 0.29) is 0 Å². The van der Waals surface area contributed by atoms with Gasteiger partial charge >= 0.3 is 0 Å². The standard InChI is InChI=1S/C21H28N2O2/c1-16(2)14-21(24)23-12-10-22(11-13-23)15-17-8-9-20(25-3)19-7-5-4-6-18(17)19/h4-9,16H,10-15H2,1-3H3/p+1. The maximum absolute atomic E-state index is 12.2. The number of nitrogens with zero attached hydrogens (tertiary/aromatic N) is 1. The summed E-state index contributed by atoms with van der Waals surface area (Å²) in [6, 6.07) is 12.7. The molecule has 4 heteroatoms. The van der Waals surface area contributed by atoms with Gasteiger partial charge in [-0.1, -0.05) is 38.1 Å². The van der Waals surface area contributed by atoms with Crippen molar-refractivity contribution in [2.45, 2.75) is 26.8 Å². The minimum absolute atomic E-state index is 0.309. The first-order chi connectivity index (χ1) is 12.1. The van der Waals surface area contributed by atoms with E-state index in [0.29, 0.717) is 18.2 Å². The van der Waals surface area contributed by atoms with Gasteiger partial charge in [0, 0.05) is 17.4 Å². The van der Waals surface area contributed by atoms with Crippen molar-refractivity contribution in [3.05, 3.63) is 42.0 Å². The highest BCUT2D eigenvalue weighted by atomic mass is 16.5. The van der Waals surface area contributed by atoms with E-state index in [1.165, 1.54) is 16.3 Å². The number of carbonyl (C=O) groups excluding carboxylic acids is 1. The third-order valence-corrected chi connectivity index (χ3v) is 5.04. The van der Waals surface area contributed by atoms with Gasteiger partial charge in [0.2, 0.25) is 5.91 Å². The summed E-state index contributed by atoms with van der Waals surface area (Å²) < 4.78 is 5.49. The second-order valence-corrected chi connectivity index (χ2v) is 7.38. The van der Waals surface area contributed by atoms with E-state index >= 15 is 0 Å². The van der Waals surface area contributed by atoms with Crippen molar-refractivity contribution in [2.75, 3.05) is 33.3 Å². The number of hydrogen-bond acceptors (Lipinski definition) is 2. The number of rotatable bonds is 5. The fraction of sp³-hybridized carbons (Fsp3) is 0.476. The summed E-state index contributed by atoms with van der Waals surface area (Å²) in [5.74, 6) is 1.67. The van der Waals surface area contributed by atoms with E-state index in [4.69, 9.17) is 4.74 Å². The number of nitrogens with one attached hydrogen (secondary N) is 1. The van der Waals surface area contributed by atoms with Gasteiger partial charge in [0.25, 0.3) is 0 Å². The first-order valence-corrected chi connectivity index (χ1v) is 9.24. The minimum atomic E-state index is 0.309. The van der Waals surface area contributed by atoms with E-state index < -0.39 is 0 Å². The predicted octanol–water partition coefficient (Wildman–Crippen LogP) is 2.12. The topological polar surface area (TPSA) is 34.0 Å². The molecule has 0 spiro atoms. The molecular formula is C21H29N2O2+. The molecule has 0 atom stereocenters. The molecule has 0 aliphatic carbocycles. The zero-order valence-corrected chi connectivity index (χ0v) is 15.5. The third kappa shape index (κ3) is 4.13. The lowest BCUT2D eigenvalue weighted by Gasteiger charge is -2.33. The van der Waals surface area contributed by atoms with Crippen LogP contribution in [0, 0.1) is 5.92 Å². The molecule has 1 aliphatic rings. The van der Waals surface area contributed by atoms with Crippen LogP contribution in [0.2, 0.25) is 0 Å². The van der Waals surface area contributed by atoms with Gasteiger partial charge in [-0.3, -0.25) is 4.79 Å². The SMILES string of the molecule is COc1ccc(C[NH+]2CCN(C(=O)CC(C)C)CC2)c2ccccc12. The van der Waals surface area contributed by atoms with Crippen LogP contribution >= 0.6 is 0 Å². The van der Waals surface area contributed by atoms with E-state index in [2.05, 4.69) is 50.2 Å². The maximum Gasteiger partial charge on any atom is 0.223 e. The number of benzene rings is 2. The van der Waals surface area contributed by atoms with Gasteiger partial charge in [-0.15, -0.1) is 0 Å². The summed E-state index contributed by atoms with van der Waals surface area (Å²) in [5, 5.41) is 2.44. The van der Waals surface area contributed by atoms with Crippen molar-refractivity contribution in [1.29, 1.82) is 0 Å². The maximum atomic E-state index is 12.2. The average Bonchev–Trinajstić information content (AvgIpc) is 2.62. The highest BCUT2D eigenvalue weighted by molar-refractivity contribution is 5.91. The molecule has 0 radical (unpaired) electrons. The third-order valence-electron chi connectivity index (χ3n) is 5.04. The van der Waals surface area contributed by atoms with Crippen molar-refractivity contribution < 1.29 is 14.4 Å². The Labute approximate surface area is 150 Å². The van der Waals surface area contributed by atoms with Gasteiger partial charge in [-0.2, -0.15) is 0 Å². The number of piperazine rings is 1. The zero-order valence-electron chi connectivity index (χ0n) is 15.5. The lowest BCUT2D eigenvalue weighted by Crippen LogP contribution is -3.13. The molecule has 2 aromatic rings. The number of fused-ring (bicyclic) bond motifs is 1. The summed E-state index contributed by atoms with van der Waals surface area (Å²) in [4.78, 5) is 15.8. The largest absolute Gasteiger partial charge is 0.496 e. The first kappa shape index (κ1) is 17.7. The Kier molecular flexibility index (Phi) is 5.59. The van der Waals surface area contributed by atoms with Gasteiger partial charge in [0.05, 0.1) is 33.3 Å². The smallest absolute Gasteiger partial charge is 0.223 e. The highest BCUT2D eigenvalue weighted by Crippen LogP contribution is 2.27. The second kappa shape index (κ2) is 7.87. The number of ether oxygens (including phenoxy) is 1. The Morgan fingerprint density at radius 1 is 1.12 bits per heavy atom. The molecule has 4 nitrogen and oxygen atoms in total. The van der Waals surface area contributed by atoms with Gasteiger partial charge in [-0.05, 0) is 23.4 Å².